The van der Waals surface area contributed by atoms with E-state index in [0.717, 1.165) is 11.1 Å². The van der Waals surface area contributed by atoms with Crippen molar-refractivity contribution in [3.63, 3.8) is 0 Å². The molecule has 1 saturated heterocycles. The molecule has 3 aromatic rings. The third kappa shape index (κ3) is 5.44. The number of nitrogens with one attached hydrogen (secondary N) is 2. The summed E-state index contributed by atoms with van der Waals surface area (Å²) in [5.41, 5.74) is 2.99. The van der Waals surface area contributed by atoms with Crippen molar-refractivity contribution in [1.29, 1.82) is 0 Å². The lowest BCUT2D eigenvalue weighted by molar-refractivity contribution is -0.136. The molecule has 0 aliphatic carbocycles. The fourth-order valence-corrected chi connectivity index (χ4v) is 4.65. The minimum atomic E-state index is -4.12. The number of methoxy groups -OCH3 is 1. The highest BCUT2D eigenvalue weighted by Crippen LogP contribution is 2.44. The first kappa shape index (κ1) is 23.8. The minimum absolute atomic E-state index is 0.0503. The zero-order valence-corrected chi connectivity index (χ0v) is 19.4. The van der Waals surface area contributed by atoms with Crippen molar-refractivity contribution in [2.45, 2.75) is 31.4 Å². The average Bonchev–Trinajstić information content (AvgIpc) is 3.21. The van der Waals surface area contributed by atoms with Crippen LogP contribution in [0, 0.1) is 0 Å². The number of alkyl halides is 3. The molecule has 0 unspecified atom stereocenters. The lowest BCUT2D eigenvalue weighted by Gasteiger charge is -2.41. The standard InChI is InChI=1S/C21H23Cl2F3N6O/c1-33-18-12(3-5-27-19-17-20(29-10-28-17)31-11-30-19)7-14(22)16(23)15(18)13-8-32(9-13)6-2-4-21(24,25)26/h7,10-11,13H,2-6,8-9H2,1H3,(H2,27,28,29,30,31). The molecule has 178 valence electrons. The predicted molar refractivity (Wildman–Crippen MR) is 121 cm³/mol. The van der Waals surface area contributed by atoms with Crippen molar-refractivity contribution in [3.05, 3.63) is 39.9 Å². The van der Waals surface area contributed by atoms with Crippen LogP contribution in [-0.4, -0.2) is 64.3 Å². The van der Waals surface area contributed by atoms with E-state index in [1.165, 1.54) is 6.33 Å². The van der Waals surface area contributed by atoms with E-state index in [-0.39, 0.29) is 12.3 Å². The minimum Gasteiger partial charge on any atom is -0.496 e. The van der Waals surface area contributed by atoms with Crippen molar-refractivity contribution in [2.24, 2.45) is 0 Å². The van der Waals surface area contributed by atoms with Gasteiger partial charge in [-0.3, -0.25) is 0 Å². The van der Waals surface area contributed by atoms with E-state index in [0.29, 0.717) is 65.4 Å². The highest BCUT2D eigenvalue weighted by atomic mass is 35.5. The van der Waals surface area contributed by atoms with E-state index in [2.05, 4.69) is 25.3 Å². The van der Waals surface area contributed by atoms with Crippen LogP contribution in [0.1, 0.15) is 29.9 Å². The van der Waals surface area contributed by atoms with E-state index in [1.54, 1.807) is 19.5 Å². The van der Waals surface area contributed by atoms with Crippen LogP contribution in [0.15, 0.2) is 18.7 Å². The number of likely N-dealkylation sites (tertiary alicyclic amines) is 1. The number of hydrogen-bond acceptors (Lipinski definition) is 6. The Balaban J connectivity index is 1.43. The molecule has 0 spiro atoms. The first-order chi connectivity index (χ1) is 15.8. The molecule has 1 fully saturated rings. The van der Waals surface area contributed by atoms with Gasteiger partial charge in [-0.05, 0) is 31.0 Å². The smallest absolute Gasteiger partial charge is 0.389 e. The van der Waals surface area contributed by atoms with Gasteiger partial charge in [0.2, 0.25) is 0 Å². The molecule has 7 nitrogen and oxygen atoms in total. The molecule has 1 aliphatic rings. The maximum atomic E-state index is 12.4. The lowest BCUT2D eigenvalue weighted by Crippen LogP contribution is -2.45. The van der Waals surface area contributed by atoms with E-state index in [9.17, 15) is 13.2 Å². The lowest BCUT2D eigenvalue weighted by atomic mass is 9.88. The predicted octanol–water partition coefficient (Wildman–Crippen LogP) is 5.06. The number of nitrogens with zero attached hydrogens (tertiary/aromatic N) is 4. The summed E-state index contributed by atoms with van der Waals surface area (Å²) in [7, 11) is 1.58. The summed E-state index contributed by atoms with van der Waals surface area (Å²) < 4.78 is 42.9. The second-order valence-electron chi connectivity index (χ2n) is 7.95. The summed E-state index contributed by atoms with van der Waals surface area (Å²) in [5, 5.41) is 4.12. The molecule has 12 heteroatoms. The number of ether oxygens (including phenoxy) is 1. The third-order valence-electron chi connectivity index (χ3n) is 5.69. The summed E-state index contributed by atoms with van der Waals surface area (Å²) >= 11 is 12.9. The molecule has 1 aromatic carbocycles. The van der Waals surface area contributed by atoms with Crippen LogP contribution in [0.3, 0.4) is 0 Å². The first-order valence-electron chi connectivity index (χ1n) is 10.5. The zero-order valence-electron chi connectivity index (χ0n) is 17.8. The van der Waals surface area contributed by atoms with Crippen LogP contribution in [0.2, 0.25) is 10.0 Å². The van der Waals surface area contributed by atoms with E-state index in [4.69, 9.17) is 27.9 Å². The number of H-pyrrole nitrogens is 1. The Morgan fingerprint density at radius 1 is 1.24 bits per heavy atom. The van der Waals surface area contributed by atoms with Gasteiger partial charge in [0.15, 0.2) is 11.5 Å². The van der Waals surface area contributed by atoms with Gasteiger partial charge < -0.3 is 19.9 Å². The van der Waals surface area contributed by atoms with Crippen LogP contribution in [-0.2, 0) is 6.42 Å². The number of hydrogen-bond donors (Lipinski definition) is 2. The number of aromatic amines is 1. The molecule has 0 saturated carbocycles. The Morgan fingerprint density at radius 2 is 2.03 bits per heavy atom. The highest BCUT2D eigenvalue weighted by molar-refractivity contribution is 6.42. The number of aromatic nitrogens is 4. The van der Waals surface area contributed by atoms with Gasteiger partial charge in [-0.2, -0.15) is 13.2 Å². The maximum absolute atomic E-state index is 12.4. The molecule has 0 amide bonds. The number of fused-ring (bicyclic) bond motifs is 1. The Hall–Kier alpha value is -2.30. The summed E-state index contributed by atoms with van der Waals surface area (Å²) in [4.78, 5) is 17.5. The maximum Gasteiger partial charge on any atom is 0.389 e. The van der Waals surface area contributed by atoms with Crippen molar-refractivity contribution in [2.75, 3.05) is 38.6 Å². The number of benzene rings is 1. The molecule has 3 heterocycles. The van der Waals surface area contributed by atoms with Crippen LogP contribution in [0.4, 0.5) is 19.0 Å². The SMILES string of the molecule is COc1c(CCNc2ncnc3[nH]cnc23)cc(Cl)c(Cl)c1C1CN(CCCC(F)(F)F)C1. The molecule has 4 rings (SSSR count). The van der Waals surface area contributed by atoms with Gasteiger partial charge in [0.25, 0.3) is 0 Å². The summed E-state index contributed by atoms with van der Waals surface area (Å²) in [6.07, 6.45) is -1.21. The quantitative estimate of drug-likeness (QED) is 0.425. The van der Waals surface area contributed by atoms with Crippen LogP contribution in [0.25, 0.3) is 11.2 Å². The van der Waals surface area contributed by atoms with E-state index in [1.807, 2.05) is 4.90 Å². The molecule has 1 aliphatic heterocycles. The van der Waals surface area contributed by atoms with Gasteiger partial charge in [-0.1, -0.05) is 23.2 Å². The Morgan fingerprint density at radius 3 is 2.76 bits per heavy atom. The van der Waals surface area contributed by atoms with E-state index < -0.39 is 12.6 Å². The average molecular weight is 503 g/mol. The number of rotatable bonds is 9. The van der Waals surface area contributed by atoms with E-state index >= 15 is 0 Å². The number of anilines is 1. The third-order valence-corrected chi connectivity index (χ3v) is 6.49. The monoisotopic (exact) mass is 502 g/mol. The van der Waals surface area contributed by atoms with Gasteiger partial charge in [-0.25, -0.2) is 15.0 Å². The second kappa shape index (κ2) is 9.90. The van der Waals surface area contributed by atoms with Crippen molar-refractivity contribution in [3.8, 4) is 5.75 Å². The van der Waals surface area contributed by atoms with Crippen LogP contribution >= 0.6 is 23.2 Å². The summed E-state index contributed by atoms with van der Waals surface area (Å²) in [5.74, 6) is 1.34. The van der Waals surface area contributed by atoms with Crippen molar-refractivity contribution < 1.29 is 17.9 Å². The molecule has 2 N–H and O–H groups in total. The fraction of sp³-hybridized carbons (Fsp3) is 0.476. The number of imidazole rings is 1. The van der Waals surface area contributed by atoms with Gasteiger partial charge in [0.05, 0.1) is 23.5 Å². The largest absolute Gasteiger partial charge is 0.496 e. The second-order valence-corrected chi connectivity index (χ2v) is 8.74. The molecule has 0 radical (unpaired) electrons. The van der Waals surface area contributed by atoms with Crippen LogP contribution in [0.5, 0.6) is 5.75 Å². The Labute approximate surface area is 198 Å². The van der Waals surface area contributed by atoms with Gasteiger partial charge in [0.1, 0.15) is 17.6 Å². The molecular weight excluding hydrogens is 480 g/mol. The molecule has 0 atom stereocenters. The van der Waals surface area contributed by atoms with Gasteiger partial charge in [-0.15, -0.1) is 0 Å². The number of halogens is 5. The van der Waals surface area contributed by atoms with Gasteiger partial charge in [0, 0.05) is 37.5 Å². The van der Waals surface area contributed by atoms with Gasteiger partial charge >= 0.3 is 6.18 Å². The Kier molecular flexibility index (Phi) is 7.16. The molecule has 2 aromatic heterocycles. The summed E-state index contributed by atoms with van der Waals surface area (Å²) in [6.45, 7) is 2.17. The van der Waals surface area contributed by atoms with Crippen molar-refractivity contribution >= 4 is 40.2 Å². The topological polar surface area (TPSA) is 79.0 Å². The summed E-state index contributed by atoms with van der Waals surface area (Å²) in [6, 6.07) is 1.79. The molecule has 33 heavy (non-hydrogen) atoms. The van der Waals surface area contributed by atoms with Crippen LogP contribution < -0.4 is 10.1 Å². The first-order valence-corrected chi connectivity index (χ1v) is 11.2. The Bertz CT molecular complexity index is 1120. The normalized spacial score (nSPS) is 15.1. The fourth-order valence-electron chi connectivity index (χ4n) is 4.12. The highest BCUT2D eigenvalue weighted by Gasteiger charge is 2.34. The van der Waals surface area contributed by atoms with Crippen molar-refractivity contribution in [1.82, 2.24) is 24.8 Å². The zero-order chi connectivity index (χ0) is 23.6. The molecular formula is C21H23Cl2F3N6O. The molecule has 0 bridgehead atoms.